The first-order valence-electron chi connectivity index (χ1n) is 5.75. The van der Waals surface area contributed by atoms with Crippen LogP contribution in [0.5, 0.6) is 0 Å². The number of hydrogen-bond acceptors (Lipinski definition) is 3. The molecule has 3 heteroatoms. The number of esters is 1. The predicted octanol–water partition coefficient (Wildman–Crippen LogP) is 0.913. The van der Waals surface area contributed by atoms with Crippen LogP contribution in [-0.4, -0.2) is 37.6 Å². The van der Waals surface area contributed by atoms with Crippen molar-refractivity contribution in [2.45, 2.75) is 6.42 Å². The second-order valence-corrected chi connectivity index (χ2v) is 5.05. The zero-order valence-corrected chi connectivity index (χ0v) is 9.06. The number of likely N-dealkylation sites (tertiary alicyclic amines) is 1. The molecule has 2 aliphatic carbocycles. The largest absolute Gasteiger partial charge is 0.468 e. The second kappa shape index (κ2) is 3.34. The quantitative estimate of drug-likeness (QED) is 0.498. The van der Waals surface area contributed by atoms with Crippen LogP contribution in [0.4, 0.5) is 0 Å². The third kappa shape index (κ3) is 1.41. The summed E-state index contributed by atoms with van der Waals surface area (Å²) in [6, 6.07) is 0. The number of methoxy groups -OCH3 is 1. The van der Waals surface area contributed by atoms with Gasteiger partial charge < -0.3 is 4.74 Å². The summed E-state index contributed by atoms with van der Waals surface area (Å²) in [5, 5.41) is 0. The van der Waals surface area contributed by atoms with Gasteiger partial charge in [0.25, 0.3) is 0 Å². The molecule has 1 aliphatic heterocycles. The summed E-state index contributed by atoms with van der Waals surface area (Å²) in [6.45, 7) is 2.65. The highest BCUT2D eigenvalue weighted by Gasteiger charge is 2.49. The Bertz CT molecular complexity index is 293. The first kappa shape index (κ1) is 9.40. The first-order chi connectivity index (χ1) is 7.28. The van der Waals surface area contributed by atoms with Crippen LogP contribution in [0, 0.1) is 23.7 Å². The summed E-state index contributed by atoms with van der Waals surface area (Å²) in [6.07, 6.45) is 6.13. The molecule has 4 atom stereocenters. The molecule has 4 unspecified atom stereocenters. The lowest BCUT2D eigenvalue weighted by Crippen LogP contribution is -2.30. The van der Waals surface area contributed by atoms with Crippen molar-refractivity contribution >= 4 is 5.97 Å². The van der Waals surface area contributed by atoms with Gasteiger partial charge in [-0.1, -0.05) is 12.2 Å². The third-order valence-electron chi connectivity index (χ3n) is 4.32. The van der Waals surface area contributed by atoms with Crippen molar-refractivity contribution in [3.8, 4) is 0 Å². The highest BCUT2D eigenvalue weighted by molar-refractivity contribution is 5.71. The van der Waals surface area contributed by atoms with Crippen molar-refractivity contribution in [3.05, 3.63) is 12.2 Å². The first-order valence-corrected chi connectivity index (χ1v) is 5.75. The molecule has 0 aromatic rings. The van der Waals surface area contributed by atoms with E-state index in [1.165, 1.54) is 13.5 Å². The Kier molecular flexibility index (Phi) is 2.09. The Morgan fingerprint density at radius 1 is 1.33 bits per heavy atom. The molecule has 2 fully saturated rings. The van der Waals surface area contributed by atoms with Crippen LogP contribution in [0.15, 0.2) is 12.2 Å². The van der Waals surface area contributed by atoms with Gasteiger partial charge in [-0.25, -0.2) is 0 Å². The van der Waals surface area contributed by atoms with Gasteiger partial charge in [0.2, 0.25) is 0 Å². The summed E-state index contributed by atoms with van der Waals surface area (Å²) in [7, 11) is 1.46. The van der Waals surface area contributed by atoms with E-state index in [2.05, 4.69) is 17.1 Å². The molecule has 3 rings (SSSR count). The molecule has 0 N–H and O–H groups in total. The monoisotopic (exact) mass is 207 g/mol. The van der Waals surface area contributed by atoms with Crippen LogP contribution in [0.2, 0.25) is 0 Å². The number of carbonyl (C=O) groups excluding carboxylic acids is 1. The van der Waals surface area contributed by atoms with Crippen molar-refractivity contribution in [2.24, 2.45) is 23.7 Å². The maximum Gasteiger partial charge on any atom is 0.319 e. The predicted molar refractivity (Wildman–Crippen MR) is 56.2 cm³/mol. The van der Waals surface area contributed by atoms with E-state index >= 15 is 0 Å². The van der Waals surface area contributed by atoms with Crippen molar-refractivity contribution in [2.75, 3.05) is 26.7 Å². The van der Waals surface area contributed by atoms with Gasteiger partial charge in [0, 0.05) is 13.1 Å². The smallest absolute Gasteiger partial charge is 0.319 e. The number of nitrogens with zero attached hydrogens (tertiary/aromatic N) is 1. The summed E-state index contributed by atoms with van der Waals surface area (Å²) < 4.78 is 4.71. The Balaban J connectivity index is 1.64. The second-order valence-electron chi connectivity index (χ2n) is 5.05. The molecule has 15 heavy (non-hydrogen) atoms. The summed E-state index contributed by atoms with van der Waals surface area (Å²) in [5.41, 5.74) is 0. The molecule has 0 radical (unpaired) electrons. The number of rotatable bonds is 2. The zero-order valence-electron chi connectivity index (χ0n) is 9.06. The normalized spacial score (nSPS) is 42.2. The van der Waals surface area contributed by atoms with Gasteiger partial charge in [-0.3, -0.25) is 9.69 Å². The average molecular weight is 207 g/mol. The molecular weight excluding hydrogens is 190 g/mol. The van der Waals surface area contributed by atoms with Crippen LogP contribution < -0.4 is 0 Å². The maximum absolute atomic E-state index is 11.2. The molecule has 3 aliphatic rings. The van der Waals surface area contributed by atoms with Crippen LogP contribution in [0.25, 0.3) is 0 Å². The lowest BCUT2D eigenvalue weighted by Gasteiger charge is -2.17. The van der Waals surface area contributed by atoms with Gasteiger partial charge in [-0.15, -0.1) is 0 Å². The molecule has 1 saturated heterocycles. The number of hydrogen-bond donors (Lipinski definition) is 0. The van der Waals surface area contributed by atoms with Gasteiger partial charge in [0.05, 0.1) is 13.7 Å². The SMILES string of the molecule is COC(=O)CN1CC2C3C=CC(C3)C2C1. The number of ether oxygens (including phenoxy) is 1. The van der Waals surface area contributed by atoms with Crippen LogP contribution >= 0.6 is 0 Å². The lowest BCUT2D eigenvalue weighted by atomic mass is 9.86. The van der Waals surface area contributed by atoms with E-state index in [1.807, 2.05) is 0 Å². The summed E-state index contributed by atoms with van der Waals surface area (Å²) in [5.74, 6) is 3.11. The van der Waals surface area contributed by atoms with E-state index in [-0.39, 0.29) is 5.97 Å². The molecule has 0 aromatic heterocycles. The lowest BCUT2D eigenvalue weighted by molar-refractivity contribution is -0.141. The van der Waals surface area contributed by atoms with E-state index in [4.69, 9.17) is 4.74 Å². The Hall–Kier alpha value is -0.830. The van der Waals surface area contributed by atoms with E-state index in [9.17, 15) is 4.79 Å². The van der Waals surface area contributed by atoms with E-state index in [0.29, 0.717) is 6.54 Å². The standard InChI is InChI=1S/C12H17NO2/c1-15-12(14)7-13-5-10-8-2-3-9(4-8)11(10)6-13/h2-3,8-11H,4-7H2,1H3. The van der Waals surface area contributed by atoms with Gasteiger partial charge in [0.1, 0.15) is 0 Å². The molecule has 2 bridgehead atoms. The highest BCUT2D eigenvalue weighted by Crippen LogP contribution is 2.51. The number of carbonyl (C=O) groups is 1. The summed E-state index contributed by atoms with van der Waals surface area (Å²) in [4.78, 5) is 13.4. The topological polar surface area (TPSA) is 29.5 Å². The van der Waals surface area contributed by atoms with E-state index in [0.717, 1.165) is 36.8 Å². The molecule has 0 aromatic carbocycles. The van der Waals surface area contributed by atoms with Gasteiger partial charge in [0.15, 0.2) is 0 Å². The molecule has 82 valence electrons. The van der Waals surface area contributed by atoms with Crippen LogP contribution in [0.3, 0.4) is 0 Å². The molecule has 0 amide bonds. The van der Waals surface area contributed by atoms with Crippen molar-refractivity contribution in [1.29, 1.82) is 0 Å². The van der Waals surface area contributed by atoms with Crippen molar-refractivity contribution in [3.63, 3.8) is 0 Å². The Morgan fingerprint density at radius 2 is 1.93 bits per heavy atom. The fraction of sp³-hybridized carbons (Fsp3) is 0.750. The minimum atomic E-state index is -0.102. The highest BCUT2D eigenvalue weighted by atomic mass is 16.5. The van der Waals surface area contributed by atoms with E-state index < -0.39 is 0 Å². The maximum atomic E-state index is 11.2. The zero-order chi connectivity index (χ0) is 10.4. The van der Waals surface area contributed by atoms with Crippen molar-refractivity contribution < 1.29 is 9.53 Å². The minimum Gasteiger partial charge on any atom is -0.468 e. The molecule has 0 spiro atoms. The average Bonchev–Trinajstić information content (AvgIpc) is 2.87. The minimum absolute atomic E-state index is 0.102. The summed E-state index contributed by atoms with van der Waals surface area (Å²) >= 11 is 0. The fourth-order valence-electron chi connectivity index (χ4n) is 3.62. The van der Waals surface area contributed by atoms with Gasteiger partial charge >= 0.3 is 5.97 Å². The van der Waals surface area contributed by atoms with Crippen LogP contribution in [-0.2, 0) is 9.53 Å². The fourth-order valence-corrected chi connectivity index (χ4v) is 3.62. The third-order valence-corrected chi connectivity index (χ3v) is 4.32. The van der Waals surface area contributed by atoms with Gasteiger partial charge in [-0.05, 0) is 30.1 Å². The van der Waals surface area contributed by atoms with E-state index in [1.54, 1.807) is 0 Å². The molecular formula is C12H17NO2. The number of allylic oxidation sites excluding steroid dienone is 2. The molecule has 1 saturated carbocycles. The Labute approximate surface area is 90.1 Å². The van der Waals surface area contributed by atoms with Gasteiger partial charge in [-0.2, -0.15) is 0 Å². The Morgan fingerprint density at radius 3 is 2.47 bits per heavy atom. The van der Waals surface area contributed by atoms with Crippen molar-refractivity contribution in [1.82, 2.24) is 4.90 Å². The molecule has 1 heterocycles. The number of fused-ring (bicyclic) bond motifs is 5. The van der Waals surface area contributed by atoms with Crippen LogP contribution in [0.1, 0.15) is 6.42 Å². The molecule has 3 nitrogen and oxygen atoms in total.